The fourth-order valence-corrected chi connectivity index (χ4v) is 1.21. The third kappa shape index (κ3) is 12.3. The van der Waals surface area contributed by atoms with E-state index in [-0.39, 0.29) is 24.0 Å². The van der Waals surface area contributed by atoms with E-state index in [1.54, 1.807) is 0 Å². The van der Waals surface area contributed by atoms with Gasteiger partial charge in [-0.05, 0) is 41.0 Å². The number of hydrogen-bond donors (Lipinski definition) is 3. The van der Waals surface area contributed by atoms with Crippen LogP contribution in [0.1, 0.15) is 48.0 Å². The van der Waals surface area contributed by atoms with Crippen LogP contribution in [0.4, 0.5) is 4.79 Å². The number of rotatable bonds is 5. The van der Waals surface area contributed by atoms with E-state index >= 15 is 0 Å². The van der Waals surface area contributed by atoms with E-state index in [0.29, 0.717) is 12.5 Å². The maximum absolute atomic E-state index is 11.7. The number of nitrogens with two attached hydrogens (primary N) is 1. The summed E-state index contributed by atoms with van der Waals surface area (Å²) in [5.74, 6) is 0.390. The summed E-state index contributed by atoms with van der Waals surface area (Å²) >= 11 is 0. The molecule has 120 valence electrons. The van der Waals surface area contributed by atoms with Crippen molar-refractivity contribution >= 4 is 36.0 Å². The standard InChI is InChI=1S/C13H28N4O2.HI/c1-7-8-15-10(14)16-9-13(5,6)17-11(18)19-12(2,3)4;/h7-9H2,1-6H3,(H,17,18)(H3,14,15,16);1H. The Bertz CT molecular complexity index is 325. The number of halogens is 1. The van der Waals surface area contributed by atoms with E-state index in [0.717, 1.165) is 13.0 Å². The largest absolute Gasteiger partial charge is 0.444 e. The smallest absolute Gasteiger partial charge is 0.408 e. The molecule has 0 aromatic heterocycles. The molecular weight excluding hydrogens is 371 g/mol. The van der Waals surface area contributed by atoms with E-state index in [9.17, 15) is 4.79 Å². The molecule has 4 N–H and O–H groups in total. The molecule has 0 unspecified atom stereocenters. The van der Waals surface area contributed by atoms with Crippen LogP contribution in [0.15, 0.2) is 4.99 Å². The first kappa shape index (κ1) is 21.6. The van der Waals surface area contributed by atoms with E-state index in [4.69, 9.17) is 10.5 Å². The highest BCUT2D eigenvalue weighted by Gasteiger charge is 2.24. The average Bonchev–Trinajstić information content (AvgIpc) is 2.20. The van der Waals surface area contributed by atoms with Gasteiger partial charge in [0, 0.05) is 6.54 Å². The lowest BCUT2D eigenvalue weighted by Crippen LogP contribution is -2.48. The first-order valence-corrected chi connectivity index (χ1v) is 6.61. The molecule has 7 heteroatoms. The molecule has 0 rings (SSSR count). The second-order valence-corrected chi connectivity index (χ2v) is 6.14. The molecule has 6 nitrogen and oxygen atoms in total. The number of aliphatic imine (C=N–C) groups is 1. The van der Waals surface area contributed by atoms with Crippen LogP contribution in [-0.2, 0) is 4.74 Å². The van der Waals surface area contributed by atoms with Crippen LogP contribution in [-0.4, -0.2) is 36.3 Å². The molecule has 0 heterocycles. The minimum absolute atomic E-state index is 0. The molecule has 0 aliphatic heterocycles. The Balaban J connectivity index is 0. The number of amides is 1. The molecule has 0 spiro atoms. The molecule has 0 aliphatic carbocycles. The van der Waals surface area contributed by atoms with Crippen LogP contribution in [0.5, 0.6) is 0 Å². The molecule has 1 amide bonds. The molecule has 0 aliphatic rings. The van der Waals surface area contributed by atoms with Crippen LogP contribution in [0.3, 0.4) is 0 Å². The lowest BCUT2D eigenvalue weighted by molar-refractivity contribution is 0.0476. The molecule has 0 aromatic rings. The van der Waals surface area contributed by atoms with Gasteiger partial charge >= 0.3 is 6.09 Å². The molecule has 0 fully saturated rings. The number of hydrogen-bond acceptors (Lipinski definition) is 3. The molecule has 20 heavy (non-hydrogen) atoms. The van der Waals surface area contributed by atoms with Crippen molar-refractivity contribution in [3.63, 3.8) is 0 Å². The van der Waals surface area contributed by atoms with Gasteiger partial charge in [0.25, 0.3) is 0 Å². The number of alkyl carbamates (subject to hydrolysis) is 1. The lowest BCUT2D eigenvalue weighted by Gasteiger charge is -2.27. The number of carbonyl (C=O) groups excluding carboxylic acids is 1. The summed E-state index contributed by atoms with van der Waals surface area (Å²) < 4.78 is 5.20. The Morgan fingerprint density at radius 2 is 1.80 bits per heavy atom. The van der Waals surface area contributed by atoms with Gasteiger partial charge in [0.1, 0.15) is 5.60 Å². The van der Waals surface area contributed by atoms with E-state index in [1.165, 1.54) is 0 Å². The summed E-state index contributed by atoms with van der Waals surface area (Å²) in [5, 5.41) is 5.75. The summed E-state index contributed by atoms with van der Waals surface area (Å²) in [4.78, 5) is 15.9. The zero-order valence-corrected chi connectivity index (χ0v) is 15.7. The quantitative estimate of drug-likeness (QED) is 0.375. The van der Waals surface area contributed by atoms with Crippen molar-refractivity contribution in [1.82, 2.24) is 10.6 Å². The number of carbonyl (C=O) groups is 1. The van der Waals surface area contributed by atoms with Gasteiger partial charge in [-0.25, -0.2) is 4.79 Å². The second-order valence-electron chi connectivity index (χ2n) is 6.14. The zero-order chi connectivity index (χ0) is 15.1. The van der Waals surface area contributed by atoms with Crippen LogP contribution >= 0.6 is 24.0 Å². The summed E-state index contributed by atoms with van der Waals surface area (Å²) in [6, 6.07) is 0. The van der Waals surface area contributed by atoms with Gasteiger partial charge in [-0.2, -0.15) is 0 Å². The SMILES string of the molecule is CCCNC(N)=NCC(C)(C)NC(=O)OC(C)(C)C.I. The second kappa shape index (κ2) is 9.25. The Morgan fingerprint density at radius 1 is 1.25 bits per heavy atom. The Labute approximate surface area is 139 Å². The van der Waals surface area contributed by atoms with Crippen molar-refractivity contribution in [3.8, 4) is 0 Å². The average molecular weight is 400 g/mol. The van der Waals surface area contributed by atoms with Gasteiger partial charge < -0.3 is 21.1 Å². The van der Waals surface area contributed by atoms with Crippen LogP contribution < -0.4 is 16.4 Å². The minimum atomic E-state index is -0.513. The fraction of sp³-hybridized carbons (Fsp3) is 0.846. The molecule has 0 bridgehead atoms. The van der Waals surface area contributed by atoms with Crippen molar-refractivity contribution in [2.45, 2.75) is 59.1 Å². The van der Waals surface area contributed by atoms with Crippen molar-refractivity contribution < 1.29 is 9.53 Å². The maximum atomic E-state index is 11.7. The van der Waals surface area contributed by atoms with Crippen molar-refractivity contribution in [3.05, 3.63) is 0 Å². The van der Waals surface area contributed by atoms with Gasteiger partial charge in [-0.3, -0.25) is 4.99 Å². The van der Waals surface area contributed by atoms with Crippen LogP contribution in [0.25, 0.3) is 0 Å². The number of guanidine groups is 1. The van der Waals surface area contributed by atoms with Crippen molar-refractivity contribution in [2.24, 2.45) is 10.7 Å². The Hall–Kier alpha value is -0.730. The van der Waals surface area contributed by atoms with E-state index < -0.39 is 17.2 Å². The Kier molecular flexibility index (Phi) is 9.98. The third-order valence-corrected chi connectivity index (χ3v) is 2.04. The predicted molar refractivity (Wildman–Crippen MR) is 93.6 cm³/mol. The van der Waals surface area contributed by atoms with E-state index in [2.05, 4.69) is 15.6 Å². The zero-order valence-electron chi connectivity index (χ0n) is 13.4. The first-order chi connectivity index (χ1) is 8.56. The van der Waals surface area contributed by atoms with Crippen molar-refractivity contribution in [1.29, 1.82) is 0 Å². The predicted octanol–water partition coefficient (Wildman–Crippen LogP) is 2.22. The fourth-order valence-electron chi connectivity index (χ4n) is 1.21. The van der Waals surface area contributed by atoms with Crippen LogP contribution in [0, 0.1) is 0 Å². The summed E-state index contributed by atoms with van der Waals surface area (Å²) in [6.45, 7) is 12.4. The maximum Gasteiger partial charge on any atom is 0.408 e. The summed E-state index contributed by atoms with van der Waals surface area (Å²) in [6.07, 6.45) is 0.531. The number of ether oxygens (including phenoxy) is 1. The monoisotopic (exact) mass is 400 g/mol. The van der Waals surface area contributed by atoms with Gasteiger partial charge in [0.2, 0.25) is 0 Å². The normalized spacial score (nSPS) is 12.4. The summed E-state index contributed by atoms with van der Waals surface area (Å²) in [5.41, 5.74) is 4.67. The molecular formula is C13H29IN4O2. The highest BCUT2D eigenvalue weighted by atomic mass is 127. The first-order valence-electron chi connectivity index (χ1n) is 6.61. The molecule has 0 aromatic carbocycles. The third-order valence-electron chi connectivity index (χ3n) is 2.04. The number of nitrogens with one attached hydrogen (secondary N) is 2. The van der Waals surface area contributed by atoms with Gasteiger partial charge in [-0.15, -0.1) is 24.0 Å². The molecule has 0 saturated carbocycles. The number of nitrogens with zero attached hydrogens (tertiary/aromatic N) is 1. The Morgan fingerprint density at radius 3 is 2.25 bits per heavy atom. The molecule has 0 radical (unpaired) electrons. The lowest BCUT2D eigenvalue weighted by atomic mass is 10.1. The highest BCUT2D eigenvalue weighted by molar-refractivity contribution is 14.0. The van der Waals surface area contributed by atoms with E-state index in [1.807, 2.05) is 41.5 Å². The molecule has 0 saturated heterocycles. The minimum Gasteiger partial charge on any atom is -0.444 e. The van der Waals surface area contributed by atoms with Gasteiger partial charge in [-0.1, -0.05) is 6.92 Å². The topological polar surface area (TPSA) is 88.7 Å². The molecule has 0 atom stereocenters. The van der Waals surface area contributed by atoms with Gasteiger partial charge in [0.05, 0.1) is 12.1 Å². The van der Waals surface area contributed by atoms with Crippen molar-refractivity contribution in [2.75, 3.05) is 13.1 Å². The summed E-state index contributed by atoms with van der Waals surface area (Å²) in [7, 11) is 0. The van der Waals surface area contributed by atoms with Gasteiger partial charge in [0.15, 0.2) is 5.96 Å². The highest BCUT2D eigenvalue weighted by Crippen LogP contribution is 2.09. The van der Waals surface area contributed by atoms with Crippen LogP contribution in [0.2, 0.25) is 0 Å².